The van der Waals surface area contributed by atoms with Crippen LogP contribution in [0.25, 0.3) is 21.0 Å². The Hall–Kier alpha value is -2.72. The minimum atomic E-state index is -0.0360. The molecule has 1 amide bonds. The van der Waals surface area contributed by atoms with Crippen molar-refractivity contribution in [3.63, 3.8) is 0 Å². The van der Waals surface area contributed by atoms with Crippen LogP contribution in [0.2, 0.25) is 0 Å². The van der Waals surface area contributed by atoms with Crippen LogP contribution in [0.1, 0.15) is 18.1 Å². The van der Waals surface area contributed by atoms with Gasteiger partial charge in [0.25, 0.3) is 0 Å². The largest absolute Gasteiger partial charge is 0.302 e. The van der Waals surface area contributed by atoms with E-state index in [1.54, 1.807) is 0 Å². The van der Waals surface area contributed by atoms with E-state index >= 15 is 0 Å². The van der Waals surface area contributed by atoms with Crippen LogP contribution in [-0.4, -0.2) is 10.9 Å². The van der Waals surface area contributed by atoms with Crippen molar-refractivity contribution in [2.45, 2.75) is 19.8 Å². The number of thiazole rings is 1. The zero-order chi connectivity index (χ0) is 17.2. The van der Waals surface area contributed by atoms with Crippen LogP contribution >= 0.6 is 11.3 Å². The van der Waals surface area contributed by atoms with Gasteiger partial charge in [-0.1, -0.05) is 66.8 Å². The average Bonchev–Trinajstić information content (AvgIpc) is 3.03. The van der Waals surface area contributed by atoms with Crippen LogP contribution in [0, 0.1) is 0 Å². The molecule has 3 aromatic carbocycles. The molecule has 4 aromatic rings. The molecule has 3 nitrogen and oxygen atoms in total. The summed E-state index contributed by atoms with van der Waals surface area (Å²) in [7, 11) is 0. The van der Waals surface area contributed by atoms with Gasteiger partial charge in [0.1, 0.15) is 0 Å². The Balaban J connectivity index is 1.55. The summed E-state index contributed by atoms with van der Waals surface area (Å²) >= 11 is 1.53. The fourth-order valence-electron chi connectivity index (χ4n) is 3.03. The third kappa shape index (κ3) is 3.26. The zero-order valence-corrected chi connectivity index (χ0v) is 14.8. The van der Waals surface area contributed by atoms with Crippen molar-refractivity contribution < 1.29 is 4.79 Å². The molecule has 4 rings (SSSR count). The van der Waals surface area contributed by atoms with Crippen LogP contribution in [0.15, 0.2) is 60.7 Å². The summed E-state index contributed by atoms with van der Waals surface area (Å²) < 4.78 is 1.11. The van der Waals surface area contributed by atoms with E-state index in [9.17, 15) is 4.79 Å². The van der Waals surface area contributed by atoms with Gasteiger partial charge in [0.2, 0.25) is 5.91 Å². The van der Waals surface area contributed by atoms with Gasteiger partial charge in [0, 0.05) is 0 Å². The van der Waals surface area contributed by atoms with E-state index in [1.807, 2.05) is 30.3 Å². The molecule has 0 spiro atoms. The third-order valence-corrected chi connectivity index (χ3v) is 5.27. The van der Waals surface area contributed by atoms with Crippen molar-refractivity contribution in [1.29, 1.82) is 0 Å². The summed E-state index contributed by atoms with van der Waals surface area (Å²) in [4.78, 5) is 17.0. The van der Waals surface area contributed by atoms with E-state index in [0.717, 1.165) is 33.0 Å². The fourth-order valence-corrected chi connectivity index (χ4v) is 3.97. The van der Waals surface area contributed by atoms with Crippen LogP contribution < -0.4 is 5.32 Å². The van der Waals surface area contributed by atoms with Gasteiger partial charge in [-0.3, -0.25) is 4.79 Å². The van der Waals surface area contributed by atoms with Gasteiger partial charge in [-0.05, 0) is 40.5 Å². The lowest BCUT2D eigenvalue weighted by Gasteiger charge is -2.06. The van der Waals surface area contributed by atoms with E-state index in [4.69, 9.17) is 0 Å². The SMILES string of the molecule is CCc1ccc2nc(NC(=O)Cc3cccc4ccccc34)sc2c1. The molecule has 0 aliphatic heterocycles. The topological polar surface area (TPSA) is 42.0 Å². The van der Waals surface area contributed by atoms with Crippen LogP contribution in [-0.2, 0) is 17.6 Å². The highest BCUT2D eigenvalue weighted by Gasteiger charge is 2.10. The van der Waals surface area contributed by atoms with Gasteiger partial charge in [-0.25, -0.2) is 4.98 Å². The normalized spacial score (nSPS) is 11.1. The summed E-state index contributed by atoms with van der Waals surface area (Å²) in [6, 6.07) is 20.5. The van der Waals surface area contributed by atoms with E-state index < -0.39 is 0 Å². The number of nitrogens with zero attached hydrogens (tertiary/aromatic N) is 1. The zero-order valence-electron chi connectivity index (χ0n) is 14.0. The highest BCUT2D eigenvalue weighted by Crippen LogP contribution is 2.27. The molecule has 0 atom stereocenters. The number of hydrogen-bond donors (Lipinski definition) is 1. The first-order valence-electron chi connectivity index (χ1n) is 8.39. The van der Waals surface area contributed by atoms with E-state index in [2.05, 4.69) is 47.6 Å². The molecule has 25 heavy (non-hydrogen) atoms. The molecule has 0 saturated carbocycles. The summed E-state index contributed by atoms with van der Waals surface area (Å²) in [5.41, 5.74) is 3.25. The quantitative estimate of drug-likeness (QED) is 0.552. The minimum Gasteiger partial charge on any atom is -0.302 e. The fraction of sp³-hybridized carbons (Fsp3) is 0.143. The number of amides is 1. The maximum absolute atomic E-state index is 12.5. The molecule has 0 aliphatic carbocycles. The maximum atomic E-state index is 12.5. The lowest BCUT2D eigenvalue weighted by molar-refractivity contribution is -0.115. The molecular weight excluding hydrogens is 328 g/mol. The van der Waals surface area contributed by atoms with Crippen molar-refractivity contribution in [2.24, 2.45) is 0 Å². The number of fused-ring (bicyclic) bond motifs is 2. The van der Waals surface area contributed by atoms with Crippen molar-refractivity contribution >= 4 is 43.4 Å². The second-order valence-corrected chi connectivity index (χ2v) is 7.07. The molecule has 0 unspecified atom stereocenters. The molecule has 0 bridgehead atoms. The second kappa shape index (κ2) is 6.65. The number of aromatic nitrogens is 1. The summed E-state index contributed by atoms with van der Waals surface area (Å²) in [5.74, 6) is -0.0360. The summed E-state index contributed by atoms with van der Waals surface area (Å²) in [6.07, 6.45) is 1.34. The lowest BCUT2D eigenvalue weighted by atomic mass is 10.0. The van der Waals surface area contributed by atoms with Gasteiger partial charge in [-0.15, -0.1) is 0 Å². The number of carbonyl (C=O) groups is 1. The van der Waals surface area contributed by atoms with E-state index in [-0.39, 0.29) is 5.91 Å². The molecule has 0 radical (unpaired) electrons. The molecule has 0 saturated heterocycles. The molecule has 0 fully saturated rings. The van der Waals surface area contributed by atoms with Gasteiger partial charge in [0.05, 0.1) is 16.6 Å². The third-order valence-electron chi connectivity index (χ3n) is 4.34. The van der Waals surface area contributed by atoms with Crippen LogP contribution in [0.3, 0.4) is 0 Å². The number of aryl methyl sites for hydroxylation is 1. The second-order valence-electron chi connectivity index (χ2n) is 6.04. The van der Waals surface area contributed by atoms with Gasteiger partial charge < -0.3 is 5.32 Å². The van der Waals surface area contributed by atoms with E-state index in [1.165, 1.54) is 16.9 Å². The molecular formula is C21H18N2OS. The molecule has 124 valence electrons. The Labute approximate surface area is 150 Å². The summed E-state index contributed by atoms with van der Waals surface area (Å²) in [5, 5.41) is 5.89. The van der Waals surface area contributed by atoms with Gasteiger partial charge >= 0.3 is 0 Å². The average molecular weight is 346 g/mol. The standard InChI is InChI=1S/C21H18N2OS/c1-2-14-10-11-18-19(12-14)25-21(22-18)23-20(24)13-16-8-5-7-15-6-3-4-9-17(15)16/h3-12H,2,13H2,1H3,(H,22,23,24). The predicted molar refractivity (Wildman–Crippen MR) is 105 cm³/mol. The Morgan fingerprint density at radius 3 is 2.80 bits per heavy atom. The van der Waals surface area contributed by atoms with Gasteiger partial charge in [-0.2, -0.15) is 0 Å². The molecule has 1 aromatic heterocycles. The maximum Gasteiger partial charge on any atom is 0.230 e. The Bertz CT molecular complexity index is 1060. The smallest absolute Gasteiger partial charge is 0.230 e. The predicted octanol–water partition coefficient (Wildman–Crippen LogP) is 5.19. The van der Waals surface area contributed by atoms with Crippen molar-refractivity contribution in [2.75, 3.05) is 5.32 Å². The van der Waals surface area contributed by atoms with Gasteiger partial charge in [0.15, 0.2) is 5.13 Å². The molecule has 4 heteroatoms. The van der Waals surface area contributed by atoms with Crippen molar-refractivity contribution in [1.82, 2.24) is 4.98 Å². The van der Waals surface area contributed by atoms with E-state index in [0.29, 0.717) is 11.6 Å². The van der Waals surface area contributed by atoms with Crippen molar-refractivity contribution in [3.8, 4) is 0 Å². The summed E-state index contributed by atoms with van der Waals surface area (Å²) in [6.45, 7) is 2.13. The first-order chi connectivity index (χ1) is 12.2. The minimum absolute atomic E-state index is 0.0360. The Morgan fingerprint density at radius 1 is 1.08 bits per heavy atom. The highest BCUT2D eigenvalue weighted by atomic mass is 32.1. The monoisotopic (exact) mass is 346 g/mol. The van der Waals surface area contributed by atoms with Crippen LogP contribution in [0.4, 0.5) is 5.13 Å². The Kier molecular flexibility index (Phi) is 4.20. The molecule has 1 N–H and O–H groups in total. The number of anilines is 1. The van der Waals surface area contributed by atoms with Crippen molar-refractivity contribution in [3.05, 3.63) is 71.8 Å². The first kappa shape index (κ1) is 15.8. The molecule has 1 heterocycles. The number of carbonyl (C=O) groups excluding carboxylic acids is 1. The highest BCUT2D eigenvalue weighted by molar-refractivity contribution is 7.22. The Morgan fingerprint density at radius 2 is 1.92 bits per heavy atom. The number of hydrogen-bond acceptors (Lipinski definition) is 3. The molecule has 0 aliphatic rings. The van der Waals surface area contributed by atoms with Crippen LogP contribution in [0.5, 0.6) is 0 Å². The number of rotatable bonds is 4. The first-order valence-corrected chi connectivity index (χ1v) is 9.20. The number of benzene rings is 3. The lowest BCUT2D eigenvalue weighted by Crippen LogP contribution is -2.14. The number of nitrogens with one attached hydrogen (secondary N) is 1.